The number of amides is 2. The first-order valence-electron chi connectivity index (χ1n) is 11.5. The van der Waals surface area contributed by atoms with Gasteiger partial charge in [0, 0.05) is 17.7 Å². The standard InChI is InChI=1S/C28H30N2O4/c1-33-22-15-16-26(34-2)23(18-22)25-14-9-17-30(25)27(31)19-24(20-10-5-3-6-11-20)29-28(32)21-12-7-4-8-13-21/h3-8,10-13,15-16,18,24-25H,9,14,17,19H2,1-2H3,(H,29,32). The molecular formula is C28H30N2O4. The number of carbonyl (C=O) groups is 2. The third kappa shape index (κ3) is 5.22. The van der Waals surface area contributed by atoms with Crippen molar-refractivity contribution in [3.8, 4) is 11.5 Å². The Bertz CT molecular complexity index is 1120. The van der Waals surface area contributed by atoms with Gasteiger partial charge in [-0.1, -0.05) is 48.5 Å². The van der Waals surface area contributed by atoms with E-state index in [1.54, 1.807) is 26.4 Å². The van der Waals surface area contributed by atoms with Gasteiger partial charge in [0.1, 0.15) is 11.5 Å². The van der Waals surface area contributed by atoms with Gasteiger partial charge >= 0.3 is 0 Å². The molecule has 1 saturated heterocycles. The predicted molar refractivity (Wildman–Crippen MR) is 131 cm³/mol. The second-order valence-electron chi connectivity index (χ2n) is 8.36. The molecule has 0 radical (unpaired) electrons. The van der Waals surface area contributed by atoms with Crippen molar-refractivity contribution in [3.05, 3.63) is 95.6 Å². The number of nitrogens with one attached hydrogen (secondary N) is 1. The highest BCUT2D eigenvalue weighted by molar-refractivity contribution is 5.94. The Balaban J connectivity index is 1.57. The van der Waals surface area contributed by atoms with E-state index in [9.17, 15) is 9.59 Å². The molecule has 6 nitrogen and oxygen atoms in total. The first-order chi connectivity index (χ1) is 16.6. The van der Waals surface area contributed by atoms with Gasteiger partial charge in [0.2, 0.25) is 5.91 Å². The number of hydrogen-bond donors (Lipinski definition) is 1. The van der Waals surface area contributed by atoms with Crippen LogP contribution in [0.25, 0.3) is 0 Å². The Morgan fingerprint density at radius 2 is 1.68 bits per heavy atom. The lowest BCUT2D eigenvalue weighted by Crippen LogP contribution is -2.36. The lowest BCUT2D eigenvalue weighted by atomic mass is 10.00. The zero-order chi connectivity index (χ0) is 23.9. The molecule has 0 spiro atoms. The summed E-state index contributed by atoms with van der Waals surface area (Å²) < 4.78 is 11.0. The van der Waals surface area contributed by atoms with Gasteiger partial charge in [-0.05, 0) is 48.7 Å². The van der Waals surface area contributed by atoms with Crippen LogP contribution >= 0.6 is 0 Å². The monoisotopic (exact) mass is 458 g/mol. The van der Waals surface area contributed by atoms with Crippen LogP contribution in [0.3, 0.4) is 0 Å². The fourth-order valence-corrected chi connectivity index (χ4v) is 4.55. The van der Waals surface area contributed by atoms with Crippen LogP contribution in [0.4, 0.5) is 0 Å². The Labute approximate surface area is 200 Å². The largest absolute Gasteiger partial charge is 0.497 e. The molecule has 3 aromatic carbocycles. The fraction of sp³-hybridized carbons (Fsp3) is 0.286. The van der Waals surface area contributed by atoms with Crippen LogP contribution in [0.2, 0.25) is 0 Å². The van der Waals surface area contributed by atoms with Gasteiger partial charge in [0.05, 0.1) is 32.7 Å². The summed E-state index contributed by atoms with van der Waals surface area (Å²) >= 11 is 0. The molecule has 2 atom stereocenters. The van der Waals surface area contributed by atoms with Gasteiger partial charge in [-0.25, -0.2) is 0 Å². The van der Waals surface area contributed by atoms with Gasteiger partial charge in [0.15, 0.2) is 0 Å². The smallest absolute Gasteiger partial charge is 0.251 e. The van der Waals surface area contributed by atoms with E-state index < -0.39 is 6.04 Å². The van der Waals surface area contributed by atoms with E-state index in [1.807, 2.05) is 71.6 Å². The number of nitrogens with zero attached hydrogens (tertiary/aromatic N) is 1. The minimum absolute atomic E-state index is 0.00501. The van der Waals surface area contributed by atoms with Crippen molar-refractivity contribution in [2.45, 2.75) is 31.3 Å². The Hall–Kier alpha value is -3.80. The molecule has 1 heterocycles. The summed E-state index contributed by atoms with van der Waals surface area (Å²) in [7, 11) is 3.26. The zero-order valence-corrected chi connectivity index (χ0v) is 19.6. The van der Waals surface area contributed by atoms with Crippen molar-refractivity contribution in [1.29, 1.82) is 0 Å². The molecule has 3 aromatic rings. The van der Waals surface area contributed by atoms with Crippen molar-refractivity contribution >= 4 is 11.8 Å². The minimum Gasteiger partial charge on any atom is -0.497 e. The highest BCUT2D eigenvalue weighted by Gasteiger charge is 2.33. The summed E-state index contributed by atoms with van der Waals surface area (Å²) in [5.74, 6) is 1.26. The minimum atomic E-state index is -0.435. The number of rotatable bonds is 8. The van der Waals surface area contributed by atoms with Crippen LogP contribution in [0.15, 0.2) is 78.9 Å². The molecule has 2 amide bonds. The highest BCUT2D eigenvalue weighted by Crippen LogP contribution is 2.39. The molecule has 34 heavy (non-hydrogen) atoms. The Morgan fingerprint density at radius 1 is 0.971 bits per heavy atom. The van der Waals surface area contributed by atoms with Gasteiger partial charge in [0.25, 0.3) is 5.91 Å². The van der Waals surface area contributed by atoms with Gasteiger partial charge in [-0.2, -0.15) is 0 Å². The van der Waals surface area contributed by atoms with E-state index in [1.165, 1.54) is 0 Å². The highest BCUT2D eigenvalue weighted by atomic mass is 16.5. The van der Waals surface area contributed by atoms with E-state index >= 15 is 0 Å². The number of hydrogen-bond acceptors (Lipinski definition) is 4. The number of likely N-dealkylation sites (tertiary alicyclic amines) is 1. The number of methoxy groups -OCH3 is 2. The molecule has 6 heteroatoms. The fourth-order valence-electron chi connectivity index (χ4n) is 4.55. The summed E-state index contributed by atoms with van der Waals surface area (Å²) in [4.78, 5) is 28.4. The lowest BCUT2D eigenvalue weighted by Gasteiger charge is -2.29. The molecule has 2 unspecified atom stereocenters. The second-order valence-corrected chi connectivity index (χ2v) is 8.36. The topological polar surface area (TPSA) is 67.9 Å². The molecule has 1 aliphatic rings. The van der Waals surface area contributed by atoms with E-state index in [0.717, 1.165) is 35.5 Å². The van der Waals surface area contributed by atoms with Crippen LogP contribution < -0.4 is 14.8 Å². The van der Waals surface area contributed by atoms with E-state index in [-0.39, 0.29) is 24.3 Å². The molecular weight excluding hydrogens is 428 g/mol. The molecule has 1 fully saturated rings. The molecule has 1 aliphatic heterocycles. The quantitative estimate of drug-likeness (QED) is 0.520. The number of ether oxygens (including phenoxy) is 2. The predicted octanol–water partition coefficient (Wildman–Crippen LogP) is 4.93. The van der Waals surface area contributed by atoms with Crippen LogP contribution in [-0.2, 0) is 4.79 Å². The molecule has 0 aromatic heterocycles. The van der Waals surface area contributed by atoms with Crippen molar-refractivity contribution in [2.75, 3.05) is 20.8 Å². The molecule has 0 bridgehead atoms. The first-order valence-corrected chi connectivity index (χ1v) is 11.5. The average molecular weight is 459 g/mol. The van der Waals surface area contributed by atoms with Crippen molar-refractivity contribution in [3.63, 3.8) is 0 Å². The maximum Gasteiger partial charge on any atom is 0.251 e. The van der Waals surface area contributed by atoms with Crippen LogP contribution in [0.1, 0.15) is 52.8 Å². The van der Waals surface area contributed by atoms with E-state index in [2.05, 4.69) is 5.32 Å². The van der Waals surface area contributed by atoms with Crippen molar-refractivity contribution in [2.24, 2.45) is 0 Å². The Morgan fingerprint density at radius 3 is 2.35 bits per heavy atom. The zero-order valence-electron chi connectivity index (χ0n) is 19.6. The third-order valence-corrected chi connectivity index (χ3v) is 6.29. The average Bonchev–Trinajstić information content (AvgIpc) is 3.39. The second kappa shape index (κ2) is 10.9. The maximum atomic E-state index is 13.6. The van der Waals surface area contributed by atoms with Gasteiger partial charge < -0.3 is 19.7 Å². The van der Waals surface area contributed by atoms with Crippen LogP contribution in [0, 0.1) is 0 Å². The lowest BCUT2D eigenvalue weighted by molar-refractivity contribution is -0.132. The molecule has 4 rings (SSSR count). The van der Waals surface area contributed by atoms with Gasteiger partial charge in [-0.3, -0.25) is 9.59 Å². The Kier molecular flexibility index (Phi) is 7.48. The van der Waals surface area contributed by atoms with E-state index in [0.29, 0.717) is 12.1 Å². The first kappa shape index (κ1) is 23.4. The van der Waals surface area contributed by atoms with Crippen molar-refractivity contribution in [1.82, 2.24) is 10.2 Å². The summed E-state index contributed by atoms with van der Waals surface area (Å²) in [5.41, 5.74) is 2.41. The third-order valence-electron chi connectivity index (χ3n) is 6.29. The molecule has 0 saturated carbocycles. The number of carbonyl (C=O) groups excluding carboxylic acids is 2. The summed E-state index contributed by atoms with van der Waals surface area (Å²) in [5, 5.41) is 3.07. The summed E-state index contributed by atoms with van der Waals surface area (Å²) in [6.07, 6.45) is 1.93. The summed E-state index contributed by atoms with van der Waals surface area (Å²) in [6.45, 7) is 0.665. The maximum absolute atomic E-state index is 13.6. The van der Waals surface area contributed by atoms with E-state index in [4.69, 9.17) is 9.47 Å². The summed E-state index contributed by atoms with van der Waals surface area (Å²) in [6, 6.07) is 23.8. The molecule has 176 valence electrons. The number of benzene rings is 3. The molecule has 1 N–H and O–H groups in total. The SMILES string of the molecule is COc1ccc(OC)c(C2CCCN2C(=O)CC(NC(=O)c2ccccc2)c2ccccc2)c1. The normalized spacial score (nSPS) is 16.1. The molecule has 0 aliphatic carbocycles. The van der Waals surface area contributed by atoms with Gasteiger partial charge in [-0.15, -0.1) is 0 Å². The van der Waals surface area contributed by atoms with Crippen LogP contribution in [-0.4, -0.2) is 37.5 Å². The van der Waals surface area contributed by atoms with Crippen LogP contribution in [0.5, 0.6) is 11.5 Å². The van der Waals surface area contributed by atoms with Crippen molar-refractivity contribution < 1.29 is 19.1 Å².